The van der Waals surface area contributed by atoms with Crippen molar-refractivity contribution in [3.8, 4) is 5.82 Å². The topological polar surface area (TPSA) is 63.9 Å². The Labute approximate surface area is 159 Å². The summed E-state index contributed by atoms with van der Waals surface area (Å²) in [4.78, 5) is 24.3. The molecule has 0 atom stereocenters. The average molecular weight is 363 g/mol. The van der Waals surface area contributed by atoms with Crippen molar-refractivity contribution in [3.63, 3.8) is 0 Å². The monoisotopic (exact) mass is 363 g/mol. The van der Waals surface area contributed by atoms with Gasteiger partial charge in [0, 0.05) is 31.4 Å². The van der Waals surface area contributed by atoms with Gasteiger partial charge in [-0.2, -0.15) is 9.78 Å². The van der Waals surface area contributed by atoms with E-state index in [4.69, 9.17) is 4.98 Å². The molecule has 0 N–H and O–H groups in total. The molecule has 1 fully saturated rings. The highest BCUT2D eigenvalue weighted by atomic mass is 16.2. The lowest BCUT2D eigenvalue weighted by molar-refractivity contribution is 0.0795. The predicted octanol–water partition coefficient (Wildman–Crippen LogP) is 3.87. The third kappa shape index (κ3) is 3.31. The highest BCUT2D eigenvalue weighted by Gasteiger charge is 2.29. The van der Waals surface area contributed by atoms with Gasteiger partial charge in [0.25, 0.3) is 5.91 Å². The summed E-state index contributed by atoms with van der Waals surface area (Å²) in [6.07, 6.45) is 6.07. The number of fused-ring (bicyclic) bond motifs is 1. The Hall–Kier alpha value is -2.76. The number of hydrogen-bond acceptors (Lipinski definition) is 4. The molecule has 6 heteroatoms. The minimum Gasteiger partial charge on any atom is -0.342 e. The van der Waals surface area contributed by atoms with E-state index in [9.17, 15) is 4.79 Å². The Bertz CT molecular complexity index is 975. The zero-order valence-electron chi connectivity index (χ0n) is 16.1. The maximum atomic E-state index is 13.2. The quantitative estimate of drug-likeness (QED) is 0.667. The van der Waals surface area contributed by atoms with Crippen LogP contribution in [0, 0.1) is 6.92 Å². The van der Waals surface area contributed by atoms with Gasteiger partial charge in [-0.1, -0.05) is 19.4 Å². The maximum Gasteiger partial charge on any atom is 0.254 e. The molecule has 1 aliphatic rings. The summed E-state index contributed by atoms with van der Waals surface area (Å²) in [7, 11) is 1.87. The van der Waals surface area contributed by atoms with Gasteiger partial charge < -0.3 is 4.90 Å². The van der Waals surface area contributed by atoms with Crippen molar-refractivity contribution < 1.29 is 4.79 Å². The molecule has 140 valence electrons. The van der Waals surface area contributed by atoms with E-state index in [0.29, 0.717) is 17.3 Å². The van der Waals surface area contributed by atoms with E-state index in [1.165, 1.54) is 0 Å². The zero-order valence-corrected chi connectivity index (χ0v) is 16.1. The Morgan fingerprint density at radius 2 is 2.15 bits per heavy atom. The van der Waals surface area contributed by atoms with Gasteiger partial charge in [-0.25, -0.2) is 9.97 Å². The first-order valence-corrected chi connectivity index (χ1v) is 9.67. The van der Waals surface area contributed by atoms with Gasteiger partial charge in [-0.15, -0.1) is 0 Å². The molecule has 6 nitrogen and oxygen atoms in total. The van der Waals surface area contributed by atoms with Crippen molar-refractivity contribution in [2.45, 2.75) is 45.4 Å². The first-order chi connectivity index (χ1) is 13.1. The summed E-state index contributed by atoms with van der Waals surface area (Å²) >= 11 is 0. The maximum absolute atomic E-state index is 13.2. The van der Waals surface area contributed by atoms with Crippen molar-refractivity contribution in [1.29, 1.82) is 0 Å². The van der Waals surface area contributed by atoms with Crippen LogP contribution in [0.3, 0.4) is 0 Å². The summed E-state index contributed by atoms with van der Waals surface area (Å²) in [6, 6.07) is 7.71. The third-order valence-corrected chi connectivity index (χ3v) is 5.12. The number of carbonyl (C=O) groups excluding carboxylic acids is 1. The van der Waals surface area contributed by atoms with E-state index in [1.807, 2.05) is 43.1 Å². The summed E-state index contributed by atoms with van der Waals surface area (Å²) in [5, 5.41) is 5.50. The largest absolute Gasteiger partial charge is 0.342 e. The molecule has 0 spiro atoms. The fourth-order valence-electron chi connectivity index (χ4n) is 3.41. The number of carbonyl (C=O) groups is 1. The summed E-state index contributed by atoms with van der Waals surface area (Å²) < 4.78 is 1.76. The Balaban J connectivity index is 1.88. The Morgan fingerprint density at radius 1 is 1.33 bits per heavy atom. The van der Waals surface area contributed by atoms with Crippen LogP contribution in [0.5, 0.6) is 0 Å². The van der Waals surface area contributed by atoms with Crippen LogP contribution in [0.15, 0.2) is 30.5 Å². The number of hydrogen-bond donors (Lipinski definition) is 0. The van der Waals surface area contributed by atoms with Crippen molar-refractivity contribution in [2.24, 2.45) is 0 Å². The van der Waals surface area contributed by atoms with Gasteiger partial charge in [0.05, 0.1) is 16.6 Å². The van der Waals surface area contributed by atoms with Crippen molar-refractivity contribution >= 4 is 16.9 Å². The van der Waals surface area contributed by atoms with Crippen LogP contribution in [-0.2, 0) is 0 Å². The van der Waals surface area contributed by atoms with Gasteiger partial charge >= 0.3 is 0 Å². The minimum absolute atomic E-state index is 0.0430. The van der Waals surface area contributed by atoms with Crippen LogP contribution >= 0.6 is 0 Å². The van der Waals surface area contributed by atoms with E-state index in [1.54, 1.807) is 10.9 Å². The first-order valence-electron chi connectivity index (χ1n) is 9.67. The van der Waals surface area contributed by atoms with E-state index < -0.39 is 0 Å². The fraction of sp³-hybridized carbons (Fsp3) is 0.429. The summed E-state index contributed by atoms with van der Waals surface area (Å²) in [5.74, 6) is 1.21. The minimum atomic E-state index is 0.0430. The van der Waals surface area contributed by atoms with E-state index in [-0.39, 0.29) is 5.91 Å². The normalized spacial score (nSPS) is 13.9. The molecular formula is C21H25N5O. The van der Waals surface area contributed by atoms with Crippen LogP contribution in [0.25, 0.3) is 16.9 Å². The molecule has 0 bridgehead atoms. The van der Waals surface area contributed by atoms with E-state index in [2.05, 4.69) is 17.0 Å². The molecule has 3 aromatic heterocycles. The Kier molecular flexibility index (Phi) is 4.64. The second-order valence-electron chi connectivity index (χ2n) is 7.33. The van der Waals surface area contributed by atoms with Gasteiger partial charge in [0.2, 0.25) is 0 Å². The highest BCUT2D eigenvalue weighted by Crippen LogP contribution is 2.40. The fourth-order valence-corrected chi connectivity index (χ4v) is 3.41. The molecule has 0 aliphatic heterocycles. The smallest absolute Gasteiger partial charge is 0.254 e. The lowest BCUT2D eigenvalue weighted by Gasteiger charge is -2.18. The number of aryl methyl sites for hydroxylation is 1. The van der Waals surface area contributed by atoms with Crippen LogP contribution < -0.4 is 0 Å². The second kappa shape index (κ2) is 7.10. The molecule has 0 radical (unpaired) electrons. The summed E-state index contributed by atoms with van der Waals surface area (Å²) in [5.41, 5.74) is 3.23. The highest BCUT2D eigenvalue weighted by molar-refractivity contribution is 6.06. The molecule has 3 aromatic rings. The SMILES string of the molecule is CCCCN(C)C(=O)c1cc(C2CC2)nc2c1c(C)nn2-c1ccccn1. The van der Waals surface area contributed by atoms with Crippen molar-refractivity contribution in [2.75, 3.05) is 13.6 Å². The lowest BCUT2D eigenvalue weighted by Crippen LogP contribution is -2.28. The number of unbranched alkanes of at least 4 members (excludes halogenated alkanes) is 1. The van der Waals surface area contributed by atoms with Gasteiger partial charge in [0.15, 0.2) is 11.5 Å². The molecular weight excluding hydrogens is 338 g/mol. The Morgan fingerprint density at radius 3 is 2.81 bits per heavy atom. The molecule has 0 unspecified atom stereocenters. The number of nitrogens with zero attached hydrogens (tertiary/aromatic N) is 5. The number of pyridine rings is 2. The van der Waals surface area contributed by atoms with E-state index in [0.717, 1.165) is 54.6 Å². The predicted molar refractivity (Wildman–Crippen MR) is 105 cm³/mol. The van der Waals surface area contributed by atoms with Crippen LogP contribution in [0.1, 0.15) is 60.3 Å². The lowest BCUT2D eigenvalue weighted by atomic mass is 10.1. The summed E-state index contributed by atoms with van der Waals surface area (Å²) in [6.45, 7) is 4.82. The molecule has 1 saturated carbocycles. The molecule has 4 rings (SSSR count). The van der Waals surface area contributed by atoms with Crippen LogP contribution in [0.2, 0.25) is 0 Å². The molecule has 1 amide bonds. The standard InChI is InChI=1S/C21H25N5O/c1-4-5-12-25(3)21(27)16-13-17(15-9-10-15)23-20-19(16)14(2)24-26(20)18-8-6-7-11-22-18/h6-8,11,13,15H,4-5,9-10,12H2,1-3H3. The number of amides is 1. The number of rotatable bonds is 6. The van der Waals surface area contributed by atoms with E-state index >= 15 is 0 Å². The molecule has 27 heavy (non-hydrogen) atoms. The average Bonchev–Trinajstić information content (AvgIpc) is 3.49. The first kappa shape index (κ1) is 17.6. The molecule has 0 aromatic carbocycles. The van der Waals surface area contributed by atoms with Gasteiger partial charge in [0.1, 0.15) is 0 Å². The second-order valence-corrected chi connectivity index (χ2v) is 7.33. The molecule has 1 aliphatic carbocycles. The van der Waals surface area contributed by atoms with Gasteiger partial charge in [-0.3, -0.25) is 4.79 Å². The van der Waals surface area contributed by atoms with Crippen molar-refractivity contribution in [3.05, 3.63) is 47.4 Å². The van der Waals surface area contributed by atoms with Crippen LogP contribution in [0.4, 0.5) is 0 Å². The third-order valence-electron chi connectivity index (χ3n) is 5.12. The molecule has 3 heterocycles. The zero-order chi connectivity index (χ0) is 19.0. The van der Waals surface area contributed by atoms with Crippen molar-refractivity contribution in [1.82, 2.24) is 24.6 Å². The molecule has 0 saturated heterocycles. The number of aromatic nitrogens is 4. The van der Waals surface area contributed by atoms with Crippen LogP contribution in [-0.4, -0.2) is 44.1 Å². The van der Waals surface area contributed by atoms with Gasteiger partial charge in [-0.05, 0) is 44.4 Å².